The summed E-state index contributed by atoms with van der Waals surface area (Å²) < 4.78 is 44.4. The Morgan fingerprint density at radius 3 is 2.38 bits per heavy atom. The summed E-state index contributed by atoms with van der Waals surface area (Å²) in [6.07, 6.45) is 1.81. The van der Waals surface area contributed by atoms with Gasteiger partial charge in [0.2, 0.25) is 5.91 Å². The molecule has 0 bridgehead atoms. The van der Waals surface area contributed by atoms with Gasteiger partial charge in [0.1, 0.15) is 6.54 Å². The van der Waals surface area contributed by atoms with Crippen LogP contribution in [0.25, 0.3) is 0 Å². The van der Waals surface area contributed by atoms with Crippen molar-refractivity contribution in [1.82, 2.24) is 5.32 Å². The second-order valence-electron chi connectivity index (χ2n) is 7.81. The van der Waals surface area contributed by atoms with Gasteiger partial charge in [-0.15, -0.1) is 0 Å². The minimum absolute atomic E-state index is 0.00114. The second kappa shape index (κ2) is 10.2. The van der Waals surface area contributed by atoms with E-state index in [1.165, 1.54) is 32.4 Å². The molecule has 2 aromatic carbocycles. The second-order valence-corrected chi connectivity index (χ2v) is 9.68. The maximum atomic E-state index is 13.6. The number of nitrogens with zero attached hydrogens (tertiary/aromatic N) is 1. The van der Waals surface area contributed by atoms with Gasteiger partial charge in [-0.3, -0.25) is 9.10 Å². The van der Waals surface area contributed by atoms with Crippen LogP contribution in [0.4, 0.5) is 5.69 Å². The number of nitrogens with one attached hydrogen (secondary N) is 1. The third-order valence-electron chi connectivity index (χ3n) is 5.28. The minimum atomic E-state index is -4.07. The number of ether oxygens (including phenoxy) is 3. The number of hydrogen-bond acceptors (Lipinski definition) is 6. The lowest BCUT2D eigenvalue weighted by atomic mass is 10.1. The summed E-state index contributed by atoms with van der Waals surface area (Å²) in [6, 6.07) is 9.81. The number of rotatable bonds is 9. The van der Waals surface area contributed by atoms with Gasteiger partial charge in [-0.1, -0.05) is 6.07 Å². The quantitative estimate of drug-likeness (QED) is 0.616. The first-order valence-corrected chi connectivity index (χ1v) is 11.9. The number of sulfonamides is 1. The molecule has 0 saturated carbocycles. The van der Waals surface area contributed by atoms with E-state index in [0.29, 0.717) is 24.6 Å². The number of benzene rings is 2. The Morgan fingerprint density at radius 1 is 1.09 bits per heavy atom. The van der Waals surface area contributed by atoms with Gasteiger partial charge in [0.05, 0.1) is 30.9 Å². The summed E-state index contributed by atoms with van der Waals surface area (Å²) in [4.78, 5) is 12.7. The van der Waals surface area contributed by atoms with Crippen LogP contribution in [0.5, 0.6) is 11.5 Å². The lowest BCUT2D eigenvalue weighted by molar-refractivity contribution is -0.120. The van der Waals surface area contributed by atoms with E-state index in [9.17, 15) is 13.2 Å². The van der Waals surface area contributed by atoms with Crippen LogP contribution in [0, 0.1) is 13.8 Å². The molecule has 1 aliphatic heterocycles. The summed E-state index contributed by atoms with van der Waals surface area (Å²) in [5.41, 5.74) is 2.21. The third-order valence-corrected chi connectivity index (χ3v) is 7.05. The van der Waals surface area contributed by atoms with Crippen molar-refractivity contribution in [2.75, 3.05) is 38.2 Å². The molecule has 1 N–H and O–H groups in total. The van der Waals surface area contributed by atoms with Crippen LogP contribution in [-0.2, 0) is 19.6 Å². The maximum absolute atomic E-state index is 13.6. The lowest BCUT2D eigenvalue weighted by Gasteiger charge is -2.25. The molecular weight excluding hydrogens is 432 g/mol. The molecule has 9 heteroatoms. The van der Waals surface area contributed by atoms with Crippen molar-refractivity contribution in [3.8, 4) is 11.5 Å². The Morgan fingerprint density at radius 2 is 1.78 bits per heavy atom. The monoisotopic (exact) mass is 462 g/mol. The highest BCUT2D eigenvalue weighted by Gasteiger charge is 2.29. The zero-order valence-corrected chi connectivity index (χ0v) is 19.7. The predicted molar refractivity (Wildman–Crippen MR) is 122 cm³/mol. The third kappa shape index (κ3) is 5.52. The van der Waals surface area contributed by atoms with E-state index in [4.69, 9.17) is 14.2 Å². The first kappa shape index (κ1) is 23.9. The topological polar surface area (TPSA) is 94.2 Å². The van der Waals surface area contributed by atoms with E-state index in [0.717, 1.165) is 28.3 Å². The zero-order chi connectivity index (χ0) is 23.3. The van der Waals surface area contributed by atoms with Gasteiger partial charge in [0.25, 0.3) is 10.0 Å². The van der Waals surface area contributed by atoms with Crippen molar-refractivity contribution in [1.29, 1.82) is 0 Å². The van der Waals surface area contributed by atoms with E-state index in [1.54, 1.807) is 12.1 Å². The normalized spacial score (nSPS) is 15.9. The highest BCUT2D eigenvalue weighted by molar-refractivity contribution is 7.92. The molecular formula is C23H30N2O6S. The van der Waals surface area contributed by atoms with Crippen molar-refractivity contribution in [2.24, 2.45) is 0 Å². The Kier molecular flexibility index (Phi) is 7.63. The Balaban J connectivity index is 1.94. The number of amides is 1. The van der Waals surface area contributed by atoms with Gasteiger partial charge >= 0.3 is 0 Å². The molecule has 1 aliphatic rings. The summed E-state index contributed by atoms with van der Waals surface area (Å²) in [7, 11) is -1.15. The van der Waals surface area contributed by atoms with Gasteiger partial charge in [-0.25, -0.2) is 8.42 Å². The van der Waals surface area contributed by atoms with E-state index in [2.05, 4.69) is 5.32 Å². The molecule has 2 aromatic rings. The average Bonchev–Trinajstić information content (AvgIpc) is 3.28. The Hall–Kier alpha value is -2.78. The van der Waals surface area contributed by atoms with E-state index in [1.807, 2.05) is 19.9 Å². The van der Waals surface area contributed by atoms with Crippen molar-refractivity contribution >= 4 is 21.6 Å². The fourth-order valence-corrected chi connectivity index (χ4v) is 5.15. The summed E-state index contributed by atoms with van der Waals surface area (Å²) in [5.74, 6) is 0.305. The molecule has 1 saturated heterocycles. The van der Waals surface area contributed by atoms with Crippen molar-refractivity contribution in [3.05, 3.63) is 47.5 Å². The smallest absolute Gasteiger partial charge is 0.264 e. The Labute approximate surface area is 189 Å². The number of methoxy groups -OCH3 is 2. The molecule has 32 heavy (non-hydrogen) atoms. The molecule has 1 heterocycles. The fraction of sp³-hybridized carbons (Fsp3) is 0.435. The molecule has 1 amide bonds. The van der Waals surface area contributed by atoms with Crippen molar-refractivity contribution < 1.29 is 27.4 Å². The fourth-order valence-electron chi connectivity index (χ4n) is 3.73. The van der Waals surface area contributed by atoms with Gasteiger partial charge in [0.15, 0.2) is 11.5 Å². The zero-order valence-electron chi connectivity index (χ0n) is 18.9. The average molecular weight is 463 g/mol. The summed E-state index contributed by atoms with van der Waals surface area (Å²) >= 11 is 0. The van der Waals surface area contributed by atoms with Crippen LogP contribution in [0.2, 0.25) is 0 Å². The predicted octanol–water partition coefficient (Wildman–Crippen LogP) is 2.81. The van der Waals surface area contributed by atoms with E-state index < -0.39 is 15.9 Å². The molecule has 0 unspecified atom stereocenters. The number of aryl methyl sites for hydroxylation is 2. The van der Waals surface area contributed by atoms with E-state index >= 15 is 0 Å². The van der Waals surface area contributed by atoms with Crippen LogP contribution in [0.15, 0.2) is 41.3 Å². The number of carbonyl (C=O) groups is 1. The first-order chi connectivity index (χ1) is 15.2. The van der Waals surface area contributed by atoms with E-state index in [-0.39, 0.29) is 23.3 Å². The van der Waals surface area contributed by atoms with Gasteiger partial charge in [-0.05, 0) is 62.1 Å². The molecule has 3 rings (SSSR count). The minimum Gasteiger partial charge on any atom is -0.493 e. The molecule has 1 atom stereocenters. The van der Waals surface area contributed by atoms with Crippen LogP contribution in [0.3, 0.4) is 0 Å². The summed E-state index contributed by atoms with van der Waals surface area (Å²) in [5, 5.41) is 2.80. The van der Waals surface area contributed by atoms with Crippen LogP contribution < -0.4 is 19.1 Å². The number of carbonyl (C=O) groups excluding carboxylic acids is 1. The standard InChI is InChI=1S/C23H30N2O6S/c1-16-10-17(2)12-18(11-16)25(15-23(26)24-14-19-6-5-9-31-19)32(27,28)20-7-8-21(29-3)22(13-20)30-4/h7-8,10-13,19H,5-6,9,14-15H2,1-4H3,(H,24,26)/t19-/m0/s1. The van der Waals surface area contributed by atoms with Crippen LogP contribution >= 0.6 is 0 Å². The maximum Gasteiger partial charge on any atom is 0.264 e. The first-order valence-electron chi connectivity index (χ1n) is 10.5. The van der Waals surface area contributed by atoms with Gasteiger partial charge < -0.3 is 19.5 Å². The highest BCUT2D eigenvalue weighted by Crippen LogP contribution is 2.32. The van der Waals surface area contributed by atoms with Gasteiger partial charge in [-0.2, -0.15) is 0 Å². The molecule has 0 radical (unpaired) electrons. The molecule has 0 aromatic heterocycles. The van der Waals surface area contributed by atoms with Crippen LogP contribution in [0.1, 0.15) is 24.0 Å². The molecule has 8 nitrogen and oxygen atoms in total. The van der Waals surface area contributed by atoms with Crippen molar-refractivity contribution in [2.45, 2.75) is 37.7 Å². The van der Waals surface area contributed by atoms with Crippen LogP contribution in [-0.4, -0.2) is 54.3 Å². The molecule has 0 spiro atoms. The molecule has 1 fully saturated rings. The lowest BCUT2D eigenvalue weighted by Crippen LogP contribution is -2.42. The Bertz CT molecular complexity index is 1040. The highest BCUT2D eigenvalue weighted by atomic mass is 32.2. The van der Waals surface area contributed by atoms with Crippen molar-refractivity contribution in [3.63, 3.8) is 0 Å². The van der Waals surface area contributed by atoms with Gasteiger partial charge in [0, 0.05) is 19.2 Å². The number of hydrogen-bond donors (Lipinski definition) is 1. The molecule has 174 valence electrons. The SMILES string of the molecule is COc1ccc(S(=O)(=O)N(CC(=O)NC[C@@H]2CCCO2)c2cc(C)cc(C)c2)cc1OC. The number of anilines is 1. The molecule has 0 aliphatic carbocycles. The largest absolute Gasteiger partial charge is 0.493 e. The summed E-state index contributed by atoms with van der Waals surface area (Å²) in [6.45, 7) is 4.45.